The maximum absolute atomic E-state index is 11.9. The summed E-state index contributed by atoms with van der Waals surface area (Å²) in [5.41, 5.74) is 1.52. The van der Waals surface area contributed by atoms with Crippen molar-refractivity contribution >= 4 is 17.7 Å². The van der Waals surface area contributed by atoms with Crippen LogP contribution >= 0.6 is 0 Å². The van der Waals surface area contributed by atoms with Gasteiger partial charge in [0.05, 0.1) is 12.1 Å². The zero-order valence-corrected chi connectivity index (χ0v) is 9.56. The van der Waals surface area contributed by atoms with E-state index in [4.69, 9.17) is 0 Å². The third-order valence-corrected chi connectivity index (χ3v) is 2.93. The molecule has 0 saturated carbocycles. The number of likely N-dealkylation sites (tertiary alicyclic amines) is 1. The topological polar surface area (TPSA) is 49.7 Å². The predicted octanol–water partition coefficient (Wildman–Crippen LogP) is 1.82. The van der Waals surface area contributed by atoms with E-state index in [0.29, 0.717) is 12.1 Å². The summed E-state index contributed by atoms with van der Waals surface area (Å²) in [7, 11) is 0. The zero-order chi connectivity index (χ0) is 12.1. The van der Waals surface area contributed by atoms with Gasteiger partial charge in [-0.05, 0) is 30.5 Å². The number of isocyanates is 1. The van der Waals surface area contributed by atoms with Crippen molar-refractivity contribution in [3.8, 4) is 0 Å². The van der Waals surface area contributed by atoms with Gasteiger partial charge in [-0.25, -0.2) is 4.79 Å². The summed E-state index contributed by atoms with van der Waals surface area (Å²) in [5, 5.41) is 0. The van der Waals surface area contributed by atoms with E-state index in [1.54, 1.807) is 12.1 Å². The van der Waals surface area contributed by atoms with Crippen LogP contribution in [0, 0.1) is 0 Å². The second-order valence-electron chi connectivity index (χ2n) is 4.13. The van der Waals surface area contributed by atoms with E-state index in [-0.39, 0.29) is 5.91 Å². The standard InChI is InChI=1S/C13H14N2O2/c16-10-14-12-5-3-11(4-6-12)9-13(17)15-7-1-2-8-15/h3-6H,1-2,7-9H2. The van der Waals surface area contributed by atoms with E-state index in [1.165, 1.54) is 6.08 Å². The highest BCUT2D eigenvalue weighted by molar-refractivity contribution is 5.79. The Bertz CT molecular complexity index is 441. The molecule has 4 heteroatoms. The molecule has 0 radical (unpaired) electrons. The molecule has 1 aromatic carbocycles. The fourth-order valence-electron chi connectivity index (χ4n) is 1.99. The lowest BCUT2D eigenvalue weighted by Crippen LogP contribution is -2.28. The number of amides is 1. The average Bonchev–Trinajstić information content (AvgIpc) is 2.86. The number of hydrogen-bond donors (Lipinski definition) is 0. The van der Waals surface area contributed by atoms with E-state index in [1.807, 2.05) is 17.0 Å². The van der Waals surface area contributed by atoms with Gasteiger partial charge >= 0.3 is 0 Å². The van der Waals surface area contributed by atoms with Crippen LogP contribution in [0.3, 0.4) is 0 Å². The van der Waals surface area contributed by atoms with Gasteiger partial charge in [-0.3, -0.25) is 4.79 Å². The lowest BCUT2D eigenvalue weighted by atomic mass is 10.1. The fraction of sp³-hybridized carbons (Fsp3) is 0.385. The Morgan fingerprint density at radius 2 is 1.88 bits per heavy atom. The molecule has 2 rings (SSSR count). The van der Waals surface area contributed by atoms with Crippen LogP contribution < -0.4 is 0 Å². The van der Waals surface area contributed by atoms with Crippen molar-refractivity contribution in [3.05, 3.63) is 29.8 Å². The third kappa shape index (κ3) is 3.02. The highest BCUT2D eigenvalue weighted by Crippen LogP contribution is 2.14. The first-order chi connectivity index (χ1) is 8.29. The predicted molar refractivity (Wildman–Crippen MR) is 63.7 cm³/mol. The second kappa shape index (κ2) is 5.41. The van der Waals surface area contributed by atoms with Crippen LogP contribution in [-0.4, -0.2) is 30.0 Å². The highest BCUT2D eigenvalue weighted by atomic mass is 16.2. The summed E-state index contributed by atoms with van der Waals surface area (Å²) >= 11 is 0. The minimum absolute atomic E-state index is 0.175. The van der Waals surface area contributed by atoms with E-state index in [9.17, 15) is 9.59 Å². The quantitative estimate of drug-likeness (QED) is 0.587. The molecule has 4 nitrogen and oxygen atoms in total. The Morgan fingerprint density at radius 1 is 1.24 bits per heavy atom. The van der Waals surface area contributed by atoms with Crippen molar-refractivity contribution in [2.24, 2.45) is 4.99 Å². The van der Waals surface area contributed by atoms with Crippen molar-refractivity contribution < 1.29 is 9.59 Å². The molecule has 0 bridgehead atoms. The van der Waals surface area contributed by atoms with Gasteiger partial charge in [-0.2, -0.15) is 4.99 Å². The molecule has 1 aliphatic heterocycles. The van der Waals surface area contributed by atoms with Gasteiger partial charge in [0.2, 0.25) is 12.0 Å². The molecule has 1 fully saturated rings. The van der Waals surface area contributed by atoms with Crippen molar-refractivity contribution in [1.29, 1.82) is 0 Å². The smallest absolute Gasteiger partial charge is 0.240 e. The Balaban J connectivity index is 1.98. The van der Waals surface area contributed by atoms with Crippen LogP contribution in [0.2, 0.25) is 0 Å². The minimum Gasteiger partial charge on any atom is -0.342 e. The third-order valence-electron chi connectivity index (χ3n) is 2.93. The first kappa shape index (κ1) is 11.6. The van der Waals surface area contributed by atoms with Gasteiger partial charge in [-0.1, -0.05) is 12.1 Å². The molecule has 1 heterocycles. The molecule has 0 aromatic heterocycles. The van der Waals surface area contributed by atoms with Crippen molar-refractivity contribution in [1.82, 2.24) is 4.90 Å². The Labute approximate surface area is 100.0 Å². The Morgan fingerprint density at radius 3 is 2.47 bits per heavy atom. The van der Waals surface area contributed by atoms with E-state index >= 15 is 0 Å². The summed E-state index contributed by atoms with van der Waals surface area (Å²) in [6.07, 6.45) is 4.13. The van der Waals surface area contributed by atoms with Gasteiger partial charge in [-0.15, -0.1) is 0 Å². The monoisotopic (exact) mass is 230 g/mol. The molecule has 0 aliphatic carbocycles. The maximum Gasteiger partial charge on any atom is 0.240 e. The Kier molecular flexibility index (Phi) is 3.68. The maximum atomic E-state index is 11.9. The summed E-state index contributed by atoms with van der Waals surface area (Å²) in [5.74, 6) is 0.175. The minimum atomic E-state index is 0.175. The molecule has 0 unspecified atom stereocenters. The van der Waals surface area contributed by atoms with Gasteiger partial charge < -0.3 is 4.90 Å². The number of carbonyl (C=O) groups excluding carboxylic acids is 2. The molecule has 1 aliphatic rings. The molecular formula is C13H14N2O2. The number of hydrogen-bond acceptors (Lipinski definition) is 3. The zero-order valence-electron chi connectivity index (χ0n) is 9.56. The van der Waals surface area contributed by atoms with E-state index < -0.39 is 0 Å². The van der Waals surface area contributed by atoms with Crippen LogP contribution in [0.25, 0.3) is 0 Å². The highest BCUT2D eigenvalue weighted by Gasteiger charge is 2.17. The number of nitrogens with zero attached hydrogens (tertiary/aromatic N) is 2. The molecule has 1 saturated heterocycles. The van der Waals surface area contributed by atoms with Crippen LogP contribution in [0.4, 0.5) is 5.69 Å². The van der Waals surface area contributed by atoms with E-state index in [0.717, 1.165) is 31.5 Å². The lowest BCUT2D eigenvalue weighted by molar-refractivity contribution is -0.129. The summed E-state index contributed by atoms with van der Waals surface area (Å²) in [6, 6.07) is 7.09. The molecule has 0 spiro atoms. The summed E-state index contributed by atoms with van der Waals surface area (Å²) < 4.78 is 0. The molecule has 88 valence electrons. The van der Waals surface area contributed by atoms with Crippen LogP contribution in [0.1, 0.15) is 18.4 Å². The summed E-state index contributed by atoms with van der Waals surface area (Å²) in [6.45, 7) is 1.76. The van der Waals surface area contributed by atoms with Crippen molar-refractivity contribution in [2.75, 3.05) is 13.1 Å². The largest absolute Gasteiger partial charge is 0.342 e. The van der Waals surface area contributed by atoms with Crippen LogP contribution in [-0.2, 0) is 16.0 Å². The molecular weight excluding hydrogens is 216 g/mol. The molecule has 17 heavy (non-hydrogen) atoms. The summed E-state index contributed by atoms with van der Waals surface area (Å²) in [4.78, 5) is 27.3. The number of rotatable bonds is 3. The molecule has 1 amide bonds. The van der Waals surface area contributed by atoms with Gasteiger partial charge in [0.15, 0.2) is 0 Å². The normalized spacial score (nSPS) is 14.5. The first-order valence-electron chi connectivity index (χ1n) is 5.74. The lowest BCUT2D eigenvalue weighted by Gasteiger charge is -2.14. The molecule has 0 N–H and O–H groups in total. The fourth-order valence-corrected chi connectivity index (χ4v) is 1.99. The molecule has 0 atom stereocenters. The van der Waals surface area contributed by atoms with Gasteiger partial charge in [0.1, 0.15) is 0 Å². The molecule has 1 aromatic rings. The Hall–Kier alpha value is -1.93. The van der Waals surface area contributed by atoms with Crippen LogP contribution in [0.5, 0.6) is 0 Å². The van der Waals surface area contributed by atoms with Crippen molar-refractivity contribution in [3.63, 3.8) is 0 Å². The second-order valence-corrected chi connectivity index (χ2v) is 4.13. The average molecular weight is 230 g/mol. The van der Waals surface area contributed by atoms with Gasteiger partial charge in [0.25, 0.3) is 0 Å². The number of aliphatic imine (C=N–C) groups is 1. The number of benzene rings is 1. The number of carbonyl (C=O) groups is 1. The first-order valence-corrected chi connectivity index (χ1v) is 5.74. The van der Waals surface area contributed by atoms with Crippen LogP contribution in [0.15, 0.2) is 29.3 Å². The SMILES string of the molecule is O=C=Nc1ccc(CC(=O)N2CCCC2)cc1. The van der Waals surface area contributed by atoms with Gasteiger partial charge in [0, 0.05) is 13.1 Å². The van der Waals surface area contributed by atoms with Crippen molar-refractivity contribution in [2.45, 2.75) is 19.3 Å². The van der Waals surface area contributed by atoms with E-state index in [2.05, 4.69) is 4.99 Å².